The van der Waals surface area contributed by atoms with Gasteiger partial charge in [-0.15, -0.1) is 0 Å². The molecule has 102 valence electrons. The van der Waals surface area contributed by atoms with E-state index in [0.717, 1.165) is 40.5 Å². The summed E-state index contributed by atoms with van der Waals surface area (Å²) in [4.78, 5) is 4.59. The Kier molecular flexibility index (Phi) is 3.57. The molecule has 0 saturated heterocycles. The lowest BCUT2D eigenvalue weighted by Crippen LogP contribution is -2.40. The van der Waals surface area contributed by atoms with Crippen LogP contribution in [-0.4, -0.2) is 30.8 Å². The molecule has 0 aliphatic heterocycles. The molecule has 5 heteroatoms. The first kappa shape index (κ1) is 12.7. The molecule has 0 bridgehead atoms. The number of hydrogen-bond donors (Lipinski definition) is 1. The number of ether oxygens (including phenoxy) is 2. The summed E-state index contributed by atoms with van der Waals surface area (Å²) in [5.41, 5.74) is 1.02. The number of aromatic nitrogens is 1. The van der Waals surface area contributed by atoms with E-state index in [9.17, 15) is 0 Å². The zero-order valence-corrected chi connectivity index (χ0v) is 12.0. The van der Waals surface area contributed by atoms with Crippen LogP contribution in [0.25, 0.3) is 10.2 Å². The zero-order chi connectivity index (χ0) is 13.2. The minimum Gasteiger partial charge on any atom is -0.497 e. The summed E-state index contributed by atoms with van der Waals surface area (Å²) in [7, 11) is 1.68. The molecule has 0 radical (unpaired) electrons. The molecule has 4 nitrogen and oxygen atoms in total. The molecule has 1 aliphatic rings. The Balaban J connectivity index is 1.66. The van der Waals surface area contributed by atoms with Gasteiger partial charge in [-0.05, 0) is 38.0 Å². The molecule has 19 heavy (non-hydrogen) atoms. The van der Waals surface area contributed by atoms with Crippen molar-refractivity contribution in [3.05, 3.63) is 18.2 Å². The van der Waals surface area contributed by atoms with Crippen LogP contribution in [0.1, 0.15) is 19.8 Å². The molecule has 3 rings (SSSR count). The monoisotopic (exact) mass is 278 g/mol. The maximum Gasteiger partial charge on any atom is 0.184 e. The van der Waals surface area contributed by atoms with Crippen molar-refractivity contribution in [2.24, 2.45) is 0 Å². The van der Waals surface area contributed by atoms with Crippen molar-refractivity contribution < 1.29 is 9.47 Å². The summed E-state index contributed by atoms with van der Waals surface area (Å²) in [5.74, 6) is 0.878. The molecule has 1 N–H and O–H groups in total. The molecule has 1 aliphatic carbocycles. The van der Waals surface area contributed by atoms with E-state index in [1.165, 1.54) is 0 Å². The molecule has 1 heterocycles. The minimum atomic E-state index is 0.428. The van der Waals surface area contributed by atoms with E-state index in [2.05, 4.69) is 10.3 Å². The van der Waals surface area contributed by atoms with Gasteiger partial charge in [0.05, 0.1) is 23.4 Å². The molecule has 1 saturated carbocycles. The van der Waals surface area contributed by atoms with Gasteiger partial charge in [-0.2, -0.15) is 0 Å². The Hall–Kier alpha value is -1.33. The minimum absolute atomic E-state index is 0.428. The van der Waals surface area contributed by atoms with E-state index in [-0.39, 0.29) is 0 Å². The number of anilines is 1. The third kappa shape index (κ3) is 2.67. The summed E-state index contributed by atoms with van der Waals surface area (Å²) in [5, 5.41) is 4.47. The average molecular weight is 278 g/mol. The first-order valence-electron chi connectivity index (χ1n) is 6.61. The van der Waals surface area contributed by atoms with Crippen LogP contribution >= 0.6 is 11.3 Å². The number of fused-ring (bicyclic) bond motifs is 1. The van der Waals surface area contributed by atoms with Crippen LogP contribution in [0.5, 0.6) is 5.75 Å². The third-order valence-corrected chi connectivity index (χ3v) is 4.37. The van der Waals surface area contributed by atoms with Gasteiger partial charge in [0, 0.05) is 12.6 Å². The van der Waals surface area contributed by atoms with E-state index in [0.29, 0.717) is 12.1 Å². The Morgan fingerprint density at radius 2 is 2.26 bits per heavy atom. The van der Waals surface area contributed by atoms with Gasteiger partial charge in [0.15, 0.2) is 5.13 Å². The van der Waals surface area contributed by atoms with E-state index in [1.54, 1.807) is 18.4 Å². The highest BCUT2D eigenvalue weighted by Crippen LogP contribution is 2.32. The van der Waals surface area contributed by atoms with Crippen molar-refractivity contribution in [1.82, 2.24) is 4.98 Å². The first-order valence-corrected chi connectivity index (χ1v) is 7.43. The fourth-order valence-corrected chi connectivity index (χ4v) is 3.29. The van der Waals surface area contributed by atoms with Crippen molar-refractivity contribution in [3.8, 4) is 5.75 Å². The maximum absolute atomic E-state index is 5.56. The van der Waals surface area contributed by atoms with Crippen LogP contribution in [0.4, 0.5) is 5.13 Å². The molecule has 1 fully saturated rings. The fraction of sp³-hybridized carbons (Fsp3) is 0.500. The van der Waals surface area contributed by atoms with E-state index >= 15 is 0 Å². The summed E-state index contributed by atoms with van der Waals surface area (Å²) >= 11 is 1.68. The SMILES string of the molecule is CCOC1CC(Nc2nc3ccc(OC)cc3s2)C1. The van der Waals surface area contributed by atoms with Crippen LogP contribution in [-0.2, 0) is 4.74 Å². The van der Waals surface area contributed by atoms with Crippen LogP contribution in [0.15, 0.2) is 18.2 Å². The van der Waals surface area contributed by atoms with Gasteiger partial charge in [-0.25, -0.2) is 4.98 Å². The Morgan fingerprint density at radius 3 is 3.00 bits per heavy atom. The topological polar surface area (TPSA) is 43.4 Å². The highest BCUT2D eigenvalue weighted by atomic mass is 32.1. The molecule has 1 aromatic heterocycles. The molecule has 2 aromatic rings. The van der Waals surface area contributed by atoms with Crippen LogP contribution in [0.3, 0.4) is 0 Å². The highest BCUT2D eigenvalue weighted by molar-refractivity contribution is 7.22. The molecule has 0 atom stereocenters. The lowest BCUT2D eigenvalue weighted by molar-refractivity contribution is 0.00299. The number of nitrogens with zero attached hydrogens (tertiary/aromatic N) is 1. The molecular formula is C14H18N2O2S. The number of methoxy groups -OCH3 is 1. The Bertz CT molecular complexity index is 564. The van der Waals surface area contributed by atoms with Crippen molar-refractivity contribution in [2.75, 3.05) is 19.0 Å². The first-order chi connectivity index (χ1) is 9.28. The van der Waals surface area contributed by atoms with Gasteiger partial charge < -0.3 is 14.8 Å². The second-order valence-corrected chi connectivity index (χ2v) is 5.77. The third-order valence-electron chi connectivity index (χ3n) is 3.42. The normalized spacial score (nSPS) is 22.2. The van der Waals surface area contributed by atoms with Gasteiger partial charge in [0.2, 0.25) is 0 Å². The predicted octanol–water partition coefficient (Wildman–Crippen LogP) is 3.28. The molecular weight excluding hydrogens is 260 g/mol. The molecule has 0 spiro atoms. The van der Waals surface area contributed by atoms with Gasteiger partial charge in [-0.3, -0.25) is 0 Å². The quantitative estimate of drug-likeness (QED) is 0.911. The number of thiazole rings is 1. The average Bonchev–Trinajstić information content (AvgIpc) is 2.77. The van der Waals surface area contributed by atoms with E-state index in [1.807, 2.05) is 25.1 Å². The van der Waals surface area contributed by atoms with E-state index < -0.39 is 0 Å². The second-order valence-electron chi connectivity index (χ2n) is 4.74. The number of rotatable bonds is 5. The van der Waals surface area contributed by atoms with Gasteiger partial charge in [0.25, 0.3) is 0 Å². The standard InChI is InChI=1S/C14H18N2O2S/c1-3-18-11-6-9(7-11)15-14-16-12-5-4-10(17-2)8-13(12)19-14/h4-5,8-9,11H,3,6-7H2,1-2H3,(H,15,16). The van der Waals surface area contributed by atoms with Crippen molar-refractivity contribution in [1.29, 1.82) is 0 Å². The van der Waals surface area contributed by atoms with Crippen molar-refractivity contribution in [2.45, 2.75) is 31.9 Å². The highest BCUT2D eigenvalue weighted by Gasteiger charge is 2.29. The molecule has 0 unspecified atom stereocenters. The van der Waals surface area contributed by atoms with Crippen LogP contribution in [0, 0.1) is 0 Å². The van der Waals surface area contributed by atoms with E-state index in [4.69, 9.17) is 9.47 Å². The number of benzene rings is 1. The van der Waals surface area contributed by atoms with Crippen molar-refractivity contribution >= 4 is 26.7 Å². The van der Waals surface area contributed by atoms with Gasteiger partial charge >= 0.3 is 0 Å². The molecule has 0 amide bonds. The number of nitrogens with one attached hydrogen (secondary N) is 1. The largest absolute Gasteiger partial charge is 0.497 e. The number of hydrogen-bond acceptors (Lipinski definition) is 5. The van der Waals surface area contributed by atoms with Crippen LogP contribution < -0.4 is 10.1 Å². The fourth-order valence-electron chi connectivity index (χ4n) is 2.32. The summed E-state index contributed by atoms with van der Waals surface area (Å²) < 4.78 is 11.9. The Morgan fingerprint density at radius 1 is 1.42 bits per heavy atom. The second kappa shape index (κ2) is 5.35. The lowest BCUT2D eigenvalue weighted by atomic mass is 9.89. The Labute approximate surface area is 116 Å². The van der Waals surface area contributed by atoms with Crippen molar-refractivity contribution in [3.63, 3.8) is 0 Å². The van der Waals surface area contributed by atoms with Crippen LogP contribution in [0.2, 0.25) is 0 Å². The zero-order valence-electron chi connectivity index (χ0n) is 11.2. The lowest BCUT2D eigenvalue weighted by Gasteiger charge is -2.35. The summed E-state index contributed by atoms with van der Waals surface area (Å²) in [6.07, 6.45) is 2.58. The van der Waals surface area contributed by atoms with Gasteiger partial charge in [-0.1, -0.05) is 11.3 Å². The molecule has 1 aromatic carbocycles. The summed E-state index contributed by atoms with van der Waals surface area (Å²) in [6.45, 7) is 2.85. The predicted molar refractivity (Wildman–Crippen MR) is 78.2 cm³/mol. The van der Waals surface area contributed by atoms with Gasteiger partial charge in [0.1, 0.15) is 5.75 Å². The maximum atomic E-state index is 5.56. The summed E-state index contributed by atoms with van der Waals surface area (Å²) in [6, 6.07) is 6.47. The smallest absolute Gasteiger partial charge is 0.184 e.